The first-order valence-electron chi connectivity index (χ1n) is 7.15. The highest BCUT2D eigenvalue weighted by molar-refractivity contribution is 5.35. The van der Waals surface area contributed by atoms with Crippen LogP contribution in [0.3, 0.4) is 0 Å². The van der Waals surface area contributed by atoms with Crippen LogP contribution in [-0.2, 0) is 6.42 Å². The van der Waals surface area contributed by atoms with Crippen LogP contribution in [0.1, 0.15) is 31.4 Å². The lowest BCUT2D eigenvalue weighted by atomic mass is 9.87. The van der Waals surface area contributed by atoms with Crippen LogP contribution < -0.4 is 10.5 Å². The smallest absolute Gasteiger partial charge is 0.119 e. The number of rotatable bonds is 8. The third-order valence-corrected chi connectivity index (χ3v) is 3.67. The molecule has 2 unspecified atom stereocenters. The minimum absolute atomic E-state index is 0.161. The Labute approximate surface area is 116 Å². The van der Waals surface area contributed by atoms with Gasteiger partial charge in [-0.15, -0.1) is 0 Å². The average molecular weight is 265 g/mol. The normalized spacial score (nSPS) is 14.2. The summed E-state index contributed by atoms with van der Waals surface area (Å²) in [7, 11) is 0. The number of aryl methyl sites for hydroxylation is 1. The van der Waals surface area contributed by atoms with Crippen LogP contribution in [0.2, 0.25) is 0 Å². The Morgan fingerprint density at radius 2 is 2.11 bits per heavy atom. The Kier molecular flexibility index (Phi) is 6.89. The molecule has 0 spiro atoms. The third-order valence-electron chi connectivity index (χ3n) is 3.67. The molecular formula is C16H27NO2. The number of ether oxygens (including phenoxy) is 1. The van der Waals surface area contributed by atoms with Crippen LogP contribution in [0.25, 0.3) is 0 Å². The zero-order valence-electron chi connectivity index (χ0n) is 12.4. The fourth-order valence-electron chi connectivity index (χ4n) is 2.21. The molecule has 0 radical (unpaired) electrons. The van der Waals surface area contributed by atoms with Crippen LogP contribution in [0.15, 0.2) is 18.2 Å². The first-order chi connectivity index (χ1) is 9.12. The summed E-state index contributed by atoms with van der Waals surface area (Å²) >= 11 is 0. The van der Waals surface area contributed by atoms with Crippen molar-refractivity contribution in [2.45, 2.75) is 33.6 Å². The predicted octanol–water partition coefficient (Wildman–Crippen LogP) is 2.53. The van der Waals surface area contributed by atoms with E-state index >= 15 is 0 Å². The highest BCUT2D eigenvalue weighted by atomic mass is 16.5. The average Bonchev–Trinajstić information content (AvgIpc) is 2.40. The Bertz CT molecular complexity index is 375. The van der Waals surface area contributed by atoms with Crippen molar-refractivity contribution in [1.29, 1.82) is 0 Å². The fraction of sp³-hybridized carbons (Fsp3) is 0.625. The van der Waals surface area contributed by atoms with E-state index in [4.69, 9.17) is 10.5 Å². The first-order valence-corrected chi connectivity index (χ1v) is 7.15. The molecule has 0 aromatic heterocycles. The van der Waals surface area contributed by atoms with Crippen molar-refractivity contribution >= 4 is 0 Å². The summed E-state index contributed by atoms with van der Waals surface area (Å²) in [5, 5.41) is 9.28. The zero-order valence-corrected chi connectivity index (χ0v) is 12.4. The number of aliphatic hydroxyl groups excluding tert-OH is 1. The quantitative estimate of drug-likeness (QED) is 0.759. The fourth-order valence-corrected chi connectivity index (χ4v) is 2.21. The summed E-state index contributed by atoms with van der Waals surface area (Å²) in [4.78, 5) is 0. The van der Waals surface area contributed by atoms with Crippen LogP contribution in [0.5, 0.6) is 5.75 Å². The highest BCUT2D eigenvalue weighted by Gasteiger charge is 2.16. The molecule has 0 bridgehead atoms. The molecule has 0 aliphatic rings. The predicted molar refractivity (Wildman–Crippen MR) is 79.5 cm³/mol. The van der Waals surface area contributed by atoms with Gasteiger partial charge in [0, 0.05) is 6.61 Å². The second-order valence-corrected chi connectivity index (χ2v) is 5.30. The lowest BCUT2D eigenvalue weighted by Gasteiger charge is -2.21. The largest absolute Gasteiger partial charge is 0.494 e. The van der Waals surface area contributed by atoms with Crippen molar-refractivity contribution in [2.75, 3.05) is 19.8 Å². The number of nitrogens with two attached hydrogens (primary N) is 1. The maximum Gasteiger partial charge on any atom is 0.119 e. The topological polar surface area (TPSA) is 55.5 Å². The van der Waals surface area contributed by atoms with E-state index in [1.807, 2.05) is 6.07 Å². The molecule has 0 amide bonds. The Hall–Kier alpha value is -1.06. The lowest BCUT2D eigenvalue weighted by Crippen LogP contribution is -2.26. The lowest BCUT2D eigenvalue weighted by molar-refractivity contribution is 0.187. The minimum atomic E-state index is 0.161. The van der Waals surface area contributed by atoms with Gasteiger partial charge in [-0.05, 0) is 61.4 Å². The van der Waals surface area contributed by atoms with Gasteiger partial charge in [-0.3, -0.25) is 0 Å². The van der Waals surface area contributed by atoms with Crippen molar-refractivity contribution in [3.63, 3.8) is 0 Å². The van der Waals surface area contributed by atoms with Gasteiger partial charge in [-0.25, -0.2) is 0 Å². The minimum Gasteiger partial charge on any atom is -0.494 e. The van der Waals surface area contributed by atoms with Gasteiger partial charge in [0.25, 0.3) is 0 Å². The summed E-state index contributed by atoms with van der Waals surface area (Å²) in [5.41, 5.74) is 8.23. The molecule has 0 fully saturated rings. The second-order valence-electron chi connectivity index (χ2n) is 5.30. The van der Waals surface area contributed by atoms with E-state index in [0.717, 1.165) is 25.2 Å². The monoisotopic (exact) mass is 265 g/mol. The van der Waals surface area contributed by atoms with Gasteiger partial charge in [-0.2, -0.15) is 0 Å². The van der Waals surface area contributed by atoms with Crippen LogP contribution in [0, 0.1) is 18.8 Å². The second kappa shape index (κ2) is 8.18. The summed E-state index contributed by atoms with van der Waals surface area (Å²) in [6.45, 7) is 7.81. The van der Waals surface area contributed by atoms with Gasteiger partial charge in [0.05, 0.1) is 6.61 Å². The maximum atomic E-state index is 9.28. The van der Waals surface area contributed by atoms with E-state index < -0.39 is 0 Å². The van der Waals surface area contributed by atoms with E-state index in [0.29, 0.717) is 12.5 Å². The number of hydrogen-bond acceptors (Lipinski definition) is 3. The highest BCUT2D eigenvalue weighted by Crippen LogP contribution is 2.22. The van der Waals surface area contributed by atoms with Gasteiger partial charge < -0.3 is 15.6 Å². The van der Waals surface area contributed by atoms with E-state index in [2.05, 4.69) is 32.9 Å². The van der Waals surface area contributed by atoms with Crippen LogP contribution in [0.4, 0.5) is 0 Å². The molecule has 108 valence electrons. The van der Waals surface area contributed by atoms with Crippen molar-refractivity contribution in [3.05, 3.63) is 29.3 Å². The Balaban J connectivity index is 2.68. The van der Waals surface area contributed by atoms with Crippen LogP contribution in [-0.4, -0.2) is 24.9 Å². The summed E-state index contributed by atoms with van der Waals surface area (Å²) in [5.74, 6) is 1.50. The van der Waals surface area contributed by atoms with E-state index in [-0.39, 0.29) is 12.5 Å². The van der Waals surface area contributed by atoms with E-state index in [9.17, 15) is 5.11 Å². The summed E-state index contributed by atoms with van der Waals surface area (Å²) in [6, 6.07) is 6.25. The zero-order chi connectivity index (χ0) is 14.3. The molecule has 3 N–H and O–H groups in total. The molecule has 0 saturated heterocycles. The molecular weight excluding hydrogens is 238 g/mol. The van der Waals surface area contributed by atoms with E-state index in [1.54, 1.807) is 0 Å². The summed E-state index contributed by atoms with van der Waals surface area (Å²) in [6.07, 6.45) is 1.97. The van der Waals surface area contributed by atoms with Crippen molar-refractivity contribution in [1.82, 2.24) is 0 Å². The van der Waals surface area contributed by atoms with Gasteiger partial charge in [0.1, 0.15) is 5.75 Å². The molecule has 3 heteroatoms. The number of hydrogen-bond donors (Lipinski definition) is 2. The molecule has 1 aromatic carbocycles. The van der Waals surface area contributed by atoms with Crippen molar-refractivity contribution < 1.29 is 9.84 Å². The Morgan fingerprint density at radius 1 is 1.37 bits per heavy atom. The maximum absolute atomic E-state index is 9.28. The SMILES string of the molecule is CCCOc1ccc(CC(C)C(CN)CO)c(C)c1. The van der Waals surface area contributed by atoms with E-state index in [1.165, 1.54) is 11.1 Å². The molecule has 0 heterocycles. The van der Waals surface area contributed by atoms with Crippen LogP contribution >= 0.6 is 0 Å². The first kappa shape index (κ1) is 16.0. The van der Waals surface area contributed by atoms with Crippen molar-refractivity contribution in [3.8, 4) is 5.75 Å². The molecule has 1 aromatic rings. The Morgan fingerprint density at radius 3 is 2.63 bits per heavy atom. The van der Waals surface area contributed by atoms with Gasteiger partial charge in [0.2, 0.25) is 0 Å². The van der Waals surface area contributed by atoms with Crippen molar-refractivity contribution in [2.24, 2.45) is 17.6 Å². The molecule has 0 aliphatic heterocycles. The number of benzene rings is 1. The summed E-state index contributed by atoms with van der Waals surface area (Å²) < 4.78 is 5.63. The molecule has 3 nitrogen and oxygen atoms in total. The number of aliphatic hydroxyl groups is 1. The van der Waals surface area contributed by atoms with Gasteiger partial charge in [0.15, 0.2) is 0 Å². The molecule has 19 heavy (non-hydrogen) atoms. The van der Waals surface area contributed by atoms with Gasteiger partial charge in [-0.1, -0.05) is 19.9 Å². The molecule has 1 rings (SSSR count). The standard InChI is InChI=1S/C16H27NO2/c1-4-7-19-16-6-5-14(13(3)9-16)8-12(2)15(10-17)11-18/h5-6,9,12,15,18H,4,7-8,10-11,17H2,1-3H3. The molecule has 0 saturated carbocycles. The van der Waals surface area contributed by atoms with Gasteiger partial charge >= 0.3 is 0 Å². The molecule has 2 atom stereocenters. The third kappa shape index (κ3) is 4.84. The molecule has 0 aliphatic carbocycles.